The fourth-order valence-corrected chi connectivity index (χ4v) is 3.16. The summed E-state index contributed by atoms with van der Waals surface area (Å²) < 4.78 is 6.03. The van der Waals surface area contributed by atoms with Gasteiger partial charge in [-0.15, -0.1) is 0 Å². The molecule has 2 aromatic carbocycles. The Bertz CT molecular complexity index is 770. The molecule has 0 spiro atoms. The summed E-state index contributed by atoms with van der Waals surface area (Å²) >= 11 is 0. The van der Waals surface area contributed by atoms with E-state index in [1.54, 1.807) is 6.07 Å². The van der Waals surface area contributed by atoms with Gasteiger partial charge >= 0.3 is 0 Å². The van der Waals surface area contributed by atoms with Crippen molar-refractivity contribution in [1.82, 2.24) is 0 Å². The minimum atomic E-state index is -0.508. The molecule has 1 amide bonds. The third kappa shape index (κ3) is 2.96. The van der Waals surface area contributed by atoms with E-state index in [0.717, 1.165) is 17.7 Å². The predicted molar refractivity (Wildman–Crippen MR) is 97.5 cm³/mol. The lowest BCUT2D eigenvalue weighted by molar-refractivity contribution is -0.126. The minimum absolute atomic E-state index is 0.0232. The number of ether oxygens (including phenoxy) is 1. The van der Waals surface area contributed by atoms with Crippen molar-refractivity contribution in [2.24, 2.45) is 0 Å². The van der Waals surface area contributed by atoms with E-state index >= 15 is 0 Å². The van der Waals surface area contributed by atoms with Crippen molar-refractivity contribution >= 4 is 17.3 Å². The smallest absolute Gasteiger partial charge is 0.268 e. The molecule has 0 aliphatic carbocycles. The first-order valence-electron chi connectivity index (χ1n) is 8.44. The number of amides is 1. The first-order chi connectivity index (χ1) is 11.5. The van der Waals surface area contributed by atoms with E-state index in [4.69, 9.17) is 10.5 Å². The van der Waals surface area contributed by atoms with Crippen LogP contribution in [0.15, 0.2) is 36.4 Å². The molecular weight excluding hydrogens is 300 g/mol. The Morgan fingerprint density at radius 3 is 2.75 bits per heavy atom. The Hall–Kier alpha value is -2.49. The number of aryl methyl sites for hydroxylation is 1. The van der Waals surface area contributed by atoms with E-state index in [9.17, 15) is 4.79 Å². The Morgan fingerprint density at radius 2 is 2.00 bits per heavy atom. The summed E-state index contributed by atoms with van der Waals surface area (Å²) in [7, 11) is 0. The van der Waals surface area contributed by atoms with Crippen molar-refractivity contribution in [2.75, 3.05) is 17.2 Å². The SMILES string of the molecule is CCCN1C(=O)C(Cc2cccc(C)c2C)Oc2cc(N)ccc21. The summed E-state index contributed by atoms with van der Waals surface area (Å²) in [6.07, 6.45) is 0.957. The van der Waals surface area contributed by atoms with Gasteiger partial charge in [0, 0.05) is 24.7 Å². The van der Waals surface area contributed by atoms with E-state index in [2.05, 4.69) is 32.9 Å². The lowest BCUT2D eigenvalue weighted by Crippen LogP contribution is -2.47. The van der Waals surface area contributed by atoms with Gasteiger partial charge in [0.05, 0.1) is 5.69 Å². The van der Waals surface area contributed by atoms with Gasteiger partial charge in [-0.3, -0.25) is 4.79 Å². The van der Waals surface area contributed by atoms with Gasteiger partial charge in [0.15, 0.2) is 6.10 Å². The molecule has 4 nitrogen and oxygen atoms in total. The van der Waals surface area contributed by atoms with Crippen LogP contribution < -0.4 is 15.4 Å². The Kier molecular flexibility index (Phi) is 4.47. The molecule has 4 heteroatoms. The van der Waals surface area contributed by atoms with Crippen LogP contribution in [0.25, 0.3) is 0 Å². The maximum Gasteiger partial charge on any atom is 0.268 e. The summed E-state index contributed by atoms with van der Waals surface area (Å²) in [5, 5.41) is 0. The van der Waals surface area contributed by atoms with Crippen LogP contribution in [-0.4, -0.2) is 18.6 Å². The molecule has 0 bridgehead atoms. The first-order valence-corrected chi connectivity index (χ1v) is 8.44. The Balaban J connectivity index is 1.94. The van der Waals surface area contributed by atoms with Crippen LogP contribution in [0.2, 0.25) is 0 Å². The minimum Gasteiger partial charge on any atom is -0.478 e. The lowest BCUT2D eigenvalue weighted by atomic mass is 9.97. The third-order valence-electron chi connectivity index (χ3n) is 4.65. The van der Waals surface area contributed by atoms with E-state index in [0.29, 0.717) is 24.4 Å². The predicted octanol–water partition coefficient (Wildman–Crippen LogP) is 3.63. The average molecular weight is 324 g/mol. The number of hydrogen-bond donors (Lipinski definition) is 1. The van der Waals surface area contributed by atoms with Crippen LogP contribution in [0.4, 0.5) is 11.4 Å². The van der Waals surface area contributed by atoms with Gasteiger partial charge in [-0.25, -0.2) is 0 Å². The third-order valence-corrected chi connectivity index (χ3v) is 4.65. The number of carbonyl (C=O) groups excluding carboxylic acids is 1. The van der Waals surface area contributed by atoms with Crippen LogP contribution in [-0.2, 0) is 11.2 Å². The highest BCUT2D eigenvalue weighted by molar-refractivity contribution is 6.00. The van der Waals surface area contributed by atoms with Gasteiger partial charge in [-0.05, 0) is 49.1 Å². The fraction of sp³-hybridized carbons (Fsp3) is 0.350. The topological polar surface area (TPSA) is 55.6 Å². The van der Waals surface area contributed by atoms with Gasteiger partial charge in [0.1, 0.15) is 5.75 Å². The summed E-state index contributed by atoms with van der Waals surface area (Å²) in [5.41, 5.74) is 10.9. The van der Waals surface area contributed by atoms with Crippen molar-refractivity contribution in [1.29, 1.82) is 0 Å². The number of rotatable bonds is 4. The van der Waals surface area contributed by atoms with Crippen LogP contribution >= 0.6 is 0 Å². The zero-order valence-corrected chi connectivity index (χ0v) is 14.5. The second-order valence-electron chi connectivity index (χ2n) is 6.39. The van der Waals surface area contributed by atoms with Gasteiger partial charge in [-0.1, -0.05) is 25.1 Å². The number of hydrogen-bond acceptors (Lipinski definition) is 3. The van der Waals surface area contributed by atoms with E-state index in [-0.39, 0.29) is 5.91 Å². The number of nitrogens with zero attached hydrogens (tertiary/aromatic N) is 1. The molecule has 24 heavy (non-hydrogen) atoms. The summed E-state index contributed by atoms with van der Waals surface area (Å²) in [5.74, 6) is 0.716. The number of fused-ring (bicyclic) bond motifs is 1. The molecule has 2 N–H and O–H groups in total. The number of carbonyl (C=O) groups is 1. The van der Waals surface area contributed by atoms with Crippen molar-refractivity contribution in [3.63, 3.8) is 0 Å². The van der Waals surface area contributed by atoms with Gasteiger partial charge in [0.25, 0.3) is 5.91 Å². The summed E-state index contributed by atoms with van der Waals surface area (Å²) in [4.78, 5) is 14.8. The molecule has 1 atom stereocenters. The largest absolute Gasteiger partial charge is 0.478 e. The van der Waals surface area contributed by atoms with Crippen molar-refractivity contribution < 1.29 is 9.53 Å². The monoisotopic (exact) mass is 324 g/mol. The fourth-order valence-electron chi connectivity index (χ4n) is 3.16. The van der Waals surface area contributed by atoms with Crippen LogP contribution in [0.3, 0.4) is 0 Å². The highest BCUT2D eigenvalue weighted by Gasteiger charge is 2.34. The Labute approximate surface area is 143 Å². The highest BCUT2D eigenvalue weighted by atomic mass is 16.5. The van der Waals surface area contributed by atoms with Gasteiger partial charge in [-0.2, -0.15) is 0 Å². The molecule has 1 aliphatic rings. The van der Waals surface area contributed by atoms with E-state index in [1.165, 1.54) is 11.1 Å². The van der Waals surface area contributed by atoms with Crippen LogP contribution in [0.5, 0.6) is 5.75 Å². The Morgan fingerprint density at radius 1 is 1.21 bits per heavy atom. The molecule has 0 saturated heterocycles. The van der Waals surface area contributed by atoms with Crippen LogP contribution in [0, 0.1) is 13.8 Å². The standard InChI is InChI=1S/C20H24N2O2/c1-4-10-22-17-9-8-16(21)12-18(17)24-19(20(22)23)11-15-7-5-6-13(2)14(15)3/h5-9,12,19H,4,10-11,21H2,1-3H3. The molecule has 1 aliphatic heterocycles. The maximum atomic E-state index is 12.9. The molecule has 0 radical (unpaired) electrons. The second-order valence-corrected chi connectivity index (χ2v) is 6.39. The quantitative estimate of drug-likeness (QED) is 0.874. The van der Waals surface area contributed by atoms with Crippen LogP contribution in [0.1, 0.15) is 30.0 Å². The number of nitrogens with two attached hydrogens (primary N) is 1. The molecule has 0 fully saturated rings. The maximum absolute atomic E-state index is 12.9. The van der Waals surface area contributed by atoms with E-state index < -0.39 is 6.10 Å². The van der Waals surface area contributed by atoms with E-state index in [1.807, 2.05) is 23.1 Å². The normalized spacial score (nSPS) is 16.7. The molecular formula is C20H24N2O2. The van der Waals surface area contributed by atoms with Crippen molar-refractivity contribution in [3.05, 3.63) is 53.1 Å². The van der Waals surface area contributed by atoms with Crippen molar-refractivity contribution in [3.8, 4) is 5.75 Å². The summed E-state index contributed by atoms with van der Waals surface area (Å²) in [6, 6.07) is 11.7. The molecule has 1 unspecified atom stereocenters. The zero-order valence-electron chi connectivity index (χ0n) is 14.5. The molecule has 1 heterocycles. The lowest BCUT2D eigenvalue weighted by Gasteiger charge is -2.34. The molecule has 126 valence electrons. The second kappa shape index (κ2) is 6.56. The average Bonchev–Trinajstić information content (AvgIpc) is 2.55. The zero-order chi connectivity index (χ0) is 17.3. The highest BCUT2D eigenvalue weighted by Crippen LogP contribution is 2.36. The molecule has 3 rings (SSSR count). The number of anilines is 2. The van der Waals surface area contributed by atoms with Gasteiger partial charge in [0.2, 0.25) is 0 Å². The van der Waals surface area contributed by atoms with Gasteiger partial charge < -0.3 is 15.4 Å². The summed E-state index contributed by atoms with van der Waals surface area (Å²) in [6.45, 7) is 6.93. The molecule has 0 saturated carbocycles. The number of nitrogen functional groups attached to an aromatic ring is 1. The molecule has 2 aromatic rings. The first kappa shape index (κ1) is 16.4. The molecule has 0 aromatic heterocycles. The number of benzene rings is 2. The van der Waals surface area contributed by atoms with Crippen molar-refractivity contribution in [2.45, 2.75) is 39.7 Å².